The van der Waals surface area contributed by atoms with Crippen LogP contribution in [0.1, 0.15) is 31.8 Å². The number of carbonyl (C=O) groups excluding carboxylic acids is 2. The first-order valence-electron chi connectivity index (χ1n) is 7.84. The van der Waals surface area contributed by atoms with Crippen LogP contribution in [0.5, 0.6) is 0 Å². The number of halogens is 8. The molecule has 0 radical (unpaired) electrons. The van der Waals surface area contributed by atoms with Crippen LogP contribution in [0.2, 0.25) is 0 Å². The molecule has 154 valence electrons. The number of hydrogen-bond donors (Lipinski definition) is 0. The topological polar surface area (TPSA) is 37.4 Å². The van der Waals surface area contributed by atoms with E-state index in [1.807, 2.05) is 0 Å². The molecule has 1 heterocycles. The molecule has 1 aliphatic heterocycles. The first kappa shape index (κ1) is 20.7. The molecule has 2 aromatic rings. The Morgan fingerprint density at radius 1 is 0.690 bits per heavy atom. The van der Waals surface area contributed by atoms with Gasteiger partial charge in [-0.1, -0.05) is 12.1 Å². The highest BCUT2D eigenvalue weighted by Gasteiger charge is 2.48. The van der Waals surface area contributed by atoms with Gasteiger partial charge in [0.25, 0.3) is 11.8 Å². The van der Waals surface area contributed by atoms with Gasteiger partial charge in [0.15, 0.2) is 0 Å². The van der Waals surface area contributed by atoms with E-state index in [-0.39, 0.29) is 34.2 Å². The minimum atomic E-state index is -5.00. The Balaban J connectivity index is 2.22. The van der Waals surface area contributed by atoms with Crippen LogP contribution in [0.4, 0.5) is 40.8 Å². The molecule has 29 heavy (non-hydrogen) atoms. The Morgan fingerprint density at radius 3 is 1.41 bits per heavy atom. The van der Waals surface area contributed by atoms with Crippen molar-refractivity contribution < 1.29 is 44.7 Å². The first-order valence-corrected chi connectivity index (χ1v) is 7.84. The average molecular weight is 423 g/mol. The van der Waals surface area contributed by atoms with Crippen molar-refractivity contribution in [3.05, 3.63) is 64.7 Å². The third-order valence-electron chi connectivity index (χ3n) is 4.29. The van der Waals surface area contributed by atoms with Crippen molar-refractivity contribution in [2.45, 2.75) is 24.7 Å². The van der Waals surface area contributed by atoms with E-state index in [9.17, 15) is 44.7 Å². The highest BCUT2D eigenvalue weighted by atomic mass is 19.3. The molecular formula is C18H9F8NO2. The normalized spacial score (nSPS) is 14.9. The Morgan fingerprint density at radius 2 is 1.07 bits per heavy atom. The molecule has 0 unspecified atom stereocenters. The fourth-order valence-electron chi connectivity index (χ4n) is 2.80. The molecule has 3 nitrogen and oxygen atoms in total. The number of benzene rings is 2. The second-order valence-electron chi connectivity index (χ2n) is 6.11. The van der Waals surface area contributed by atoms with Gasteiger partial charge in [0.2, 0.25) is 0 Å². The molecule has 0 saturated heterocycles. The Bertz CT molecular complexity index is 916. The van der Waals surface area contributed by atoms with E-state index in [1.165, 1.54) is 24.3 Å². The van der Waals surface area contributed by atoms with Crippen LogP contribution in [-0.4, -0.2) is 24.7 Å². The standard InChI is InChI=1S/C18H9F8NO2/c19-15(20)17(23,24)8-5-9(18(25,26)16(21)22)7-10(6-8)27-13(28)11-3-1-2-4-12(11)14(27)29/h1-7,15-16H. The second-order valence-corrected chi connectivity index (χ2v) is 6.11. The summed E-state index contributed by atoms with van der Waals surface area (Å²) in [6.45, 7) is 0. The summed E-state index contributed by atoms with van der Waals surface area (Å²) in [7, 11) is 0. The van der Waals surface area contributed by atoms with Crippen molar-refractivity contribution in [2.75, 3.05) is 4.90 Å². The zero-order chi connectivity index (χ0) is 21.7. The van der Waals surface area contributed by atoms with Gasteiger partial charge in [-0.05, 0) is 30.3 Å². The lowest BCUT2D eigenvalue weighted by atomic mass is 9.99. The smallest absolute Gasteiger partial charge is 0.268 e. The Kier molecular flexibility index (Phi) is 4.88. The summed E-state index contributed by atoms with van der Waals surface area (Å²) in [5.74, 6) is -12.2. The molecule has 0 spiro atoms. The van der Waals surface area contributed by atoms with E-state index in [1.54, 1.807) is 0 Å². The number of nitrogens with zero attached hydrogens (tertiary/aromatic N) is 1. The van der Waals surface area contributed by atoms with Crippen LogP contribution in [0.3, 0.4) is 0 Å². The van der Waals surface area contributed by atoms with Crippen molar-refractivity contribution in [1.82, 2.24) is 0 Å². The van der Waals surface area contributed by atoms with E-state index in [0.717, 1.165) is 0 Å². The number of alkyl halides is 8. The number of hydrogen-bond acceptors (Lipinski definition) is 2. The number of carbonyl (C=O) groups is 2. The highest BCUT2D eigenvalue weighted by molar-refractivity contribution is 6.34. The zero-order valence-electron chi connectivity index (χ0n) is 14.0. The van der Waals surface area contributed by atoms with Crippen molar-refractivity contribution >= 4 is 17.5 Å². The number of fused-ring (bicyclic) bond motifs is 1. The van der Waals surface area contributed by atoms with Gasteiger partial charge in [0, 0.05) is 11.1 Å². The van der Waals surface area contributed by atoms with Crippen molar-refractivity contribution in [2.24, 2.45) is 0 Å². The van der Waals surface area contributed by atoms with Crippen LogP contribution >= 0.6 is 0 Å². The summed E-state index contributed by atoms with van der Waals surface area (Å²) >= 11 is 0. The van der Waals surface area contributed by atoms with Crippen molar-refractivity contribution in [1.29, 1.82) is 0 Å². The minimum absolute atomic E-state index is 0.189. The van der Waals surface area contributed by atoms with E-state index < -0.39 is 53.3 Å². The highest BCUT2D eigenvalue weighted by Crippen LogP contribution is 2.43. The summed E-state index contributed by atoms with van der Waals surface area (Å²) in [4.78, 5) is 25.1. The lowest BCUT2D eigenvalue weighted by molar-refractivity contribution is -0.140. The van der Waals surface area contributed by atoms with E-state index >= 15 is 0 Å². The van der Waals surface area contributed by atoms with Gasteiger partial charge in [-0.25, -0.2) is 22.5 Å². The number of imide groups is 1. The van der Waals surface area contributed by atoms with Crippen molar-refractivity contribution in [3.8, 4) is 0 Å². The Hall–Kier alpha value is -2.98. The predicted molar refractivity (Wildman–Crippen MR) is 83.8 cm³/mol. The van der Waals surface area contributed by atoms with E-state index in [2.05, 4.69) is 0 Å². The predicted octanol–water partition coefficient (Wildman–Crippen LogP) is 5.20. The first-order chi connectivity index (χ1) is 13.4. The summed E-state index contributed by atoms with van der Waals surface area (Å²) < 4.78 is 106. The zero-order valence-corrected chi connectivity index (χ0v) is 14.0. The number of anilines is 1. The van der Waals surface area contributed by atoms with Gasteiger partial charge in [0.1, 0.15) is 0 Å². The van der Waals surface area contributed by atoms with Gasteiger partial charge in [-0.3, -0.25) is 9.59 Å². The van der Waals surface area contributed by atoms with Crippen LogP contribution in [0, 0.1) is 0 Å². The number of rotatable bonds is 5. The van der Waals surface area contributed by atoms with Gasteiger partial charge >= 0.3 is 24.7 Å². The van der Waals surface area contributed by atoms with E-state index in [0.29, 0.717) is 0 Å². The van der Waals surface area contributed by atoms with Gasteiger partial charge in [-0.2, -0.15) is 17.6 Å². The molecule has 3 rings (SSSR count). The lowest BCUT2D eigenvalue weighted by Crippen LogP contribution is -2.32. The molecule has 1 aliphatic rings. The second kappa shape index (κ2) is 6.82. The molecule has 0 fully saturated rings. The molecule has 2 aromatic carbocycles. The van der Waals surface area contributed by atoms with Crippen LogP contribution in [0.15, 0.2) is 42.5 Å². The van der Waals surface area contributed by atoms with Crippen LogP contribution < -0.4 is 4.90 Å². The van der Waals surface area contributed by atoms with Crippen LogP contribution in [0.25, 0.3) is 0 Å². The largest absolute Gasteiger partial charge is 0.332 e. The maximum atomic E-state index is 13.8. The van der Waals surface area contributed by atoms with Gasteiger partial charge < -0.3 is 0 Å². The van der Waals surface area contributed by atoms with Crippen molar-refractivity contribution in [3.63, 3.8) is 0 Å². The summed E-state index contributed by atoms with van der Waals surface area (Å²) in [6, 6.07) is 5.37. The molecular weight excluding hydrogens is 414 g/mol. The fraction of sp³-hybridized carbons (Fsp3) is 0.222. The maximum absolute atomic E-state index is 13.8. The van der Waals surface area contributed by atoms with Gasteiger partial charge in [0.05, 0.1) is 16.8 Å². The lowest BCUT2D eigenvalue weighted by Gasteiger charge is -2.23. The third kappa shape index (κ3) is 3.23. The Labute approximate surface area is 157 Å². The summed E-state index contributed by atoms with van der Waals surface area (Å²) in [5.41, 5.74) is -4.81. The molecule has 2 amide bonds. The molecule has 0 aromatic heterocycles. The van der Waals surface area contributed by atoms with Gasteiger partial charge in [-0.15, -0.1) is 0 Å². The molecule has 0 saturated carbocycles. The fourth-order valence-corrected chi connectivity index (χ4v) is 2.80. The monoisotopic (exact) mass is 423 g/mol. The SMILES string of the molecule is O=C1c2ccccc2C(=O)N1c1cc(C(F)(F)C(F)F)cc(C(F)(F)C(F)F)c1. The van der Waals surface area contributed by atoms with Crippen LogP contribution in [-0.2, 0) is 11.8 Å². The number of amides is 2. The average Bonchev–Trinajstić information content (AvgIpc) is 2.92. The molecule has 0 bridgehead atoms. The molecule has 0 atom stereocenters. The quantitative estimate of drug-likeness (QED) is 0.490. The summed E-state index contributed by atoms with van der Waals surface area (Å²) in [5, 5.41) is 0. The molecule has 11 heteroatoms. The van der Waals surface area contributed by atoms with E-state index in [4.69, 9.17) is 0 Å². The maximum Gasteiger partial charge on any atom is 0.332 e. The minimum Gasteiger partial charge on any atom is -0.268 e. The summed E-state index contributed by atoms with van der Waals surface area (Å²) in [6.07, 6.45) is -8.71. The third-order valence-corrected chi connectivity index (χ3v) is 4.29. The molecule has 0 N–H and O–H groups in total. The molecule has 0 aliphatic carbocycles.